The fraction of sp³-hybridized carbons (Fsp3) is 0.579. The smallest absolute Gasteiger partial charge is 0.248 e. The van der Waals surface area contributed by atoms with Gasteiger partial charge in [-0.1, -0.05) is 31.2 Å². The highest BCUT2D eigenvalue weighted by molar-refractivity contribution is 5.78. The van der Waals surface area contributed by atoms with Crippen molar-refractivity contribution in [3.8, 4) is 0 Å². The molecule has 5 nitrogen and oxygen atoms in total. The van der Waals surface area contributed by atoms with Gasteiger partial charge in [0.2, 0.25) is 11.8 Å². The Balaban J connectivity index is 1.77. The molecule has 1 aliphatic heterocycles. The predicted octanol–water partition coefficient (Wildman–Crippen LogP) is 2.24. The lowest BCUT2D eigenvalue weighted by atomic mass is 9.93. The summed E-state index contributed by atoms with van der Waals surface area (Å²) in [5, 5.41) is 3.12. The van der Waals surface area contributed by atoms with E-state index in [-0.39, 0.29) is 30.4 Å². The number of carbonyl (C=O) groups excluding carboxylic acids is 2. The number of carbonyl (C=O) groups is 2. The van der Waals surface area contributed by atoms with Crippen LogP contribution in [0.3, 0.4) is 0 Å². The standard InChI is InChI=1S/C19H28N2O3/c1-14-6-4-5-7-17(14)15(2)12-18(22)20-16-8-10-21(11-9-16)19(23)13-24-3/h4-7,15-16H,8-13H2,1-3H3,(H,20,22). The van der Waals surface area contributed by atoms with Crippen LogP contribution in [0.2, 0.25) is 0 Å². The molecule has 5 heteroatoms. The summed E-state index contributed by atoms with van der Waals surface area (Å²) >= 11 is 0. The Labute approximate surface area is 144 Å². The van der Waals surface area contributed by atoms with Crippen LogP contribution in [0.1, 0.15) is 43.2 Å². The van der Waals surface area contributed by atoms with E-state index in [2.05, 4.69) is 31.3 Å². The Morgan fingerprint density at radius 3 is 2.58 bits per heavy atom. The van der Waals surface area contributed by atoms with Gasteiger partial charge in [-0.3, -0.25) is 9.59 Å². The summed E-state index contributed by atoms with van der Waals surface area (Å²) in [4.78, 5) is 25.9. The van der Waals surface area contributed by atoms with Crippen molar-refractivity contribution in [2.45, 2.75) is 45.1 Å². The van der Waals surface area contributed by atoms with Crippen molar-refractivity contribution in [3.05, 3.63) is 35.4 Å². The molecule has 1 fully saturated rings. The maximum Gasteiger partial charge on any atom is 0.248 e. The first-order chi connectivity index (χ1) is 11.5. The van der Waals surface area contributed by atoms with E-state index in [0.29, 0.717) is 19.5 Å². The minimum atomic E-state index is 0.0236. The third kappa shape index (κ3) is 5.06. The summed E-state index contributed by atoms with van der Waals surface area (Å²) in [6, 6.07) is 8.37. The van der Waals surface area contributed by atoms with Crippen LogP contribution in [0.25, 0.3) is 0 Å². The van der Waals surface area contributed by atoms with Gasteiger partial charge < -0.3 is 15.0 Å². The average Bonchev–Trinajstić information content (AvgIpc) is 2.56. The Hall–Kier alpha value is -1.88. The van der Waals surface area contributed by atoms with Crippen molar-refractivity contribution >= 4 is 11.8 Å². The molecule has 1 aliphatic rings. The molecular formula is C19H28N2O3. The monoisotopic (exact) mass is 332 g/mol. The van der Waals surface area contributed by atoms with E-state index in [9.17, 15) is 9.59 Å². The quantitative estimate of drug-likeness (QED) is 0.869. The lowest BCUT2D eigenvalue weighted by Crippen LogP contribution is -2.47. The van der Waals surface area contributed by atoms with Gasteiger partial charge in [-0.15, -0.1) is 0 Å². The number of hydrogen-bond acceptors (Lipinski definition) is 3. The second kappa shape index (κ2) is 8.83. The van der Waals surface area contributed by atoms with E-state index in [1.807, 2.05) is 17.0 Å². The second-order valence-electron chi connectivity index (χ2n) is 6.62. The van der Waals surface area contributed by atoms with Crippen LogP contribution in [-0.2, 0) is 14.3 Å². The van der Waals surface area contributed by atoms with Crippen LogP contribution in [-0.4, -0.2) is 49.6 Å². The summed E-state index contributed by atoms with van der Waals surface area (Å²) in [5.74, 6) is 0.317. The minimum Gasteiger partial charge on any atom is -0.375 e. The summed E-state index contributed by atoms with van der Waals surface area (Å²) in [6.45, 7) is 5.66. The van der Waals surface area contributed by atoms with Gasteiger partial charge in [-0.25, -0.2) is 0 Å². The van der Waals surface area contributed by atoms with Gasteiger partial charge >= 0.3 is 0 Å². The molecule has 1 aromatic rings. The fourth-order valence-electron chi connectivity index (χ4n) is 3.30. The molecule has 1 saturated heterocycles. The topological polar surface area (TPSA) is 58.6 Å². The zero-order chi connectivity index (χ0) is 17.5. The molecule has 1 unspecified atom stereocenters. The van der Waals surface area contributed by atoms with Crippen LogP contribution in [0.5, 0.6) is 0 Å². The highest BCUT2D eigenvalue weighted by Gasteiger charge is 2.24. The van der Waals surface area contributed by atoms with Crippen molar-refractivity contribution in [2.24, 2.45) is 0 Å². The van der Waals surface area contributed by atoms with E-state index in [1.165, 1.54) is 18.2 Å². The third-order valence-electron chi connectivity index (χ3n) is 4.69. The number of methoxy groups -OCH3 is 1. The normalized spacial score (nSPS) is 16.7. The second-order valence-corrected chi connectivity index (χ2v) is 6.62. The molecule has 1 atom stereocenters. The molecule has 1 aromatic carbocycles. The molecule has 0 aromatic heterocycles. The number of ether oxygens (including phenoxy) is 1. The Kier molecular flexibility index (Phi) is 6.79. The number of hydrogen-bond donors (Lipinski definition) is 1. The van der Waals surface area contributed by atoms with Crippen molar-refractivity contribution in [3.63, 3.8) is 0 Å². The highest BCUT2D eigenvalue weighted by atomic mass is 16.5. The SMILES string of the molecule is COCC(=O)N1CCC(NC(=O)CC(C)c2ccccc2C)CC1. The van der Waals surface area contributed by atoms with Crippen LogP contribution >= 0.6 is 0 Å². The van der Waals surface area contributed by atoms with Gasteiger partial charge in [0.25, 0.3) is 0 Å². The van der Waals surface area contributed by atoms with Crippen LogP contribution in [0.15, 0.2) is 24.3 Å². The van der Waals surface area contributed by atoms with E-state index >= 15 is 0 Å². The number of piperidine rings is 1. The molecular weight excluding hydrogens is 304 g/mol. The molecule has 0 spiro atoms. The van der Waals surface area contributed by atoms with E-state index in [0.717, 1.165) is 12.8 Å². The number of nitrogens with one attached hydrogen (secondary N) is 1. The average molecular weight is 332 g/mol. The molecule has 0 bridgehead atoms. The Morgan fingerprint density at radius 2 is 1.96 bits per heavy atom. The van der Waals surface area contributed by atoms with Gasteiger partial charge in [0.15, 0.2) is 0 Å². The molecule has 2 amide bonds. The number of nitrogens with zero attached hydrogens (tertiary/aromatic N) is 1. The molecule has 132 valence electrons. The molecule has 0 radical (unpaired) electrons. The van der Waals surface area contributed by atoms with Crippen molar-refractivity contribution < 1.29 is 14.3 Å². The zero-order valence-corrected chi connectivity index (χ0v) is 14.9. The predicted molar refractivity (Wildman–Crippen MR) is 93.8 cm³/mol. The molecule has 2 rings (SSSR count). The lowest BCUT2D eigenvalue weighted by Gasteiger charge is -2.32. The third-order valence-corrected chi connectivity index (χ3v) is 4.69. The molecule has 24 heavy (non-hydrogen) atoms. The minimum absolute atomic E-state index is 0.0236. The molecule has 1 N–H and O–H groups in total. The van der Waals surface area contributed by atoms with Crippen LogP contribution in [0.4, 0.5) is 0 Å². The van der Waals surface area contributed by atoms with Gasteiger partial charge in [0, 0.05) is 32.7 Å². The van der Waals surface area contributed by atoms with Crippen LogP contribution in [0, 0.1) is 6.92 Å². The van der Waals surface area contributed by atoms with Crippen molar-refractivity contribution in [2.75, 3.05) is 26.8 Å². The van der Waals surface area contributed by atoms with Crippen molar-refractivity contribution in [1.29, 1.82) is 0 Å². The number of amides is 2. The van der Waals surface area contributed by atoms with Gasteiger partial charge in [0.1, 0.15) is 6.61 Å². The van der Waals surface area contributed by atoms with Gasteiger partial charge in [-0.05, 0) is 36.8 Å². The zero-order valence-electron chi connectivity index (χ0n) is 14.9. The number of benzene rings is 1. The Morgan fingerprint density at radius 1 is 1.29 bits per heavy atom. The van der Waals surface area contributed by atoms with Crippen molar-refractivity contribution in [1.82, 2.24) is 10.2 Å². The largest absolute Gasteiger partial charge is 0.375 e. The first-order valence-corrected chi connectivity index (χ1v) is 8.63. The molecule has 0 aliphatic carbocycles. The van der Waals surface area contributed by atoms with Crippen LogP contribution < -0.4 is 5.32 Å². The van der Waals surface area contributed by atoms with E-state index in [4.69, 9.17) is 4.74 Å². The molecule has 0 saturated carbocycles. The molecule has 1 heterocycles. The summed E-state index contributed by atoms with van der Waals surface area (Å²) < 4.78 is 4.88. The lowest BCUT2D eigenvalue weighted by molar-refractivity contribution is -0.136. The summed E-state index contributed by atoms with van der Waals surface area (Å²) in [6.07, 6.45) is 2.10. The first kappa shape index (κ1) is 18.5. The van der Waals surface area contributed by atoms with Gasteiger partial charge in [0.05, 0.1) is 0 Å². The fourth-order valence-corrected chi connectivity index (χ4v) is 3.30. The van der Waals surface area contributed by atoms with E-state index < -0.39 is 0 Å². The number of likely N-dealkylation sites (tertiary alicyclic amines) is 1. The van der Waals surface area contributed by atoms with Gasteiger partial charge in [-0.2, -0.15) is 0 Å². The summed E-state index contributed by atoms with van der Waals surface area (Å²) in [5.41, 5.74) is 2.45. The number of aryl methyl sites for hydroxylation is 1. The summed E-state index contributed by atoms with van der Waals surface area (Å²) in [7, 11) is 1.53. The van der Waals surface area contributed by atoms with E-state index in [1.54, 1.807) is 0 Å². The Bertz CT molecular complexity index is 565. The highest BCUT2D eigenvalue weighted by Crippen LogP contribution is 2.22. The first-order valence-electron chi connectivity index (χ1n) is 8.63. The number of rotatable bonds is 6. The maximum absolute atomic E-state index is 12.3. The maximum atomic E-state index is 12.3.